The third-order valence-corrected chi connectivity index (χ3v) is 2.30. The molecule has 0 saturated carbocycles. The van der Waals surface area contributed by atoms with Gasteiger partial charge in [-0.1, -0.05) is 12.8 Å². The Morgan fingerprint density at radius 1 is 1.09 bits per heavy atom. The number of nitrogens with two attached hydrogens (primary N) is 1. The fraction of sp³-hybridized carbons (Fsp3) is 1.00. The zero-order chi connectivity index (χ0) is 8.74. The standard InChI is InChI=1S/C6H16NO3P/c7-5-3-1-2-4-6-11(8,9)10/h1-7H2,(H2,8,9,10). The molecule has 0 aromatic heterocycles. The van der Waals surface area contributed by atoms with Crippen molar-refractivity contribution in [3.63, 3.8) is 0 Å². The van der Waals surface area contributed by atoms with Gasteiger partial charge in [0.05, 0.1) is 0 Å². The van der Waals surface area contributed by atoms with Crippen LogP contribution in [0.2, 0.25) is 0 Å². The minimum atomic E-state index is -3.75. The minimum absolute atomic E-state index is 0.0115. The lowest BCUT2D eigenvalue weighted by Crippen LogP contribution is -1.98. The van der Waals surface area contributed by atoms with Gasteiger partial charge in [0.25, 0.3) is 0 Å². The summed E-state index contributed by atoms with van der Waals surface area (Å²) in [5.74, 6) is 0. The van der Waals surface area contributed by atoms with Crippen LogP contribution in [0.15, 0.2) is 0 Å². The Hall–Kier alpha value is 0.110. The van der Waals surface area contributed by atoms with Gasteiger partial charge < -0.3 is 15.5 Å². The fourth-order valence-corrected chi connectivity index (χ4v) is 1.45. The van der Waals surface area contributed by atoms with E-state index in [2.05, 4.69) is 0 Å². The van der Waals surface area contributed by atoms with E-state index in [1.807, 2.05) is 0 Å². The molecule has 0 heterocycles. The molecule has 0 spiro atoms. The van der Waals surface area contributed by atoms with E-state index in [0.29, 0.717) is 13.0 Å². The number of unbranched alkanes of at least 4 members (excludes halogenated alkanes) is 3. The summed E-state index contributed by atoms with van der Waals surface area (Å²) in [4.78, 5) is 16.9. The molecule has 0 atom stereocenters. The highest BCUT2D eigenvalue weighted by atomic mass is 31.2. The van der Waals surface area contributed by atoms with Crippen molar-refractivity contribution in [2.75, 3.05) is 12.7 Å². The fourth-order valence-electron chi connectivity index (χ4n) is 0.816. The van der Waals surface area contributed by atoms with Gasteiger partial charge in [-0.05, 0) is 19.4 Å². The van der Waals surface area contributed by atoms with Crippen LogP contribution in [0.4, 0.5) is 0 Å². The highest BCUT2D eigenvalue weighted by Crippen LogP contribution is 2.35. The molecule has 0 radical (unpaired) electrons. The molecule has 0 saturated heterocycles. The van der Waals surface area contributed by atoms with Gasteiger partial charge in [0.1, 0.15) is 0 Å². The molecule has 0 unspecified atom stereocenters. The molecule has 0 aliphatic rings. The second kappa shape index (κ2) is 5.72. The van der Waals surface area contributed by atoms with E-state index < -0.39 is 7.60 Å². The Labute approximate surface area is 67.0 Å². The lowest BCUT2D eigenvalue weighted by atomic mass is 10.2. The maximum atomic E-state index is 10.3. The van der Waals surface area contributed by atoms with Gasteiger partial charge in [-0.15, -0.1) is 0 Å². The van der Waals surface area contributed by atoms with Crippen LogP contribution in [0.3, 0.4) is 0 Å². The monoisotopic (exact) mass is 181 g/mol. The van der Waals surface area contributed by atoms with Gasteiger partial charge in [0.15, 0.2) is 0 Å². The van der Waals surface area contributed by atoms with Crippen LogP contribution in [0.1, 0.15) is 25.7 Å². The van der Waals surface area contributed by atoms with Gasteiger partial charge >= 0.3 is 7.60 Å². The molecule has 0 aliphatic carbocycles. The van der Waals surface area contributed by atoms with E-state index in [1.165, 1.54) is 0 Å². The van der Waals surface area contributed by atoms with Crippen LogP contribution in [-0.2, 0) is 4.57 Å². The third kappa shape index (κ3) is 10.1. The molecule has 0 rings (SSSR count). The minimum Gasteiger partial charge on any atom is -0.330 e. The summed E-state index contributed by atoms with van der Waals surface area (Å²) in [6.07, 6.45) is 3.39. The topological polar surface area (TPSA) is 83.6 Å². The van der Waals surface area contributed by atoms with E-state index in [9.17, 15) is 4.57 Å². The molecule has 0 fully saturated rings. The molecule has 0 amide bonds. The van der Waals surface area contributed by atoms with Crippen LogP contribution in [0, 0.1) is 0 Å². The lowest BCUT2D eigenvalue weighted by Gasteiger charge is -2.02. The number of hydrogen-bond acceptors (Lipinski definition) is 2. The summed E-state index contributed by atoms with van der Waals surface area (Å²) < 4.78 is 10.3. The van der Waals surface area contributed by atoms with Crippen molar-refractivity contribution >= 4 is 7.60 Å². The highest BCUT2D eigenvalue weighted by molar-refractivity contribution is 7.51. The summed E-state index contributed by atoms with van der Waals surface area (Å²) in [5.41, 5.74) is 5.24. The second-order valence-corrected chi connectivity index (χ2v) is 4.37. The maximum absolute atomic E-state index is 10.3. The molecule has 4 nitrogen and oxygen atoms in total. The Morgan fingerprint density at radius 3 is 2.09 bits per heavy atom. The van der Waals surface area contributed by atoms with Crippen molar-refractivity contribution < 1.29 is 14.4 Å². The van der Waals surface area contributed by atoms with Crippen molar-refractivity contribution in [1.29, 1.82) is 0 Å². The molecule has 0 aromatic carbocycles. The Balaban J connectivity index is 3.09. The van der Waals surface area contributed by atoms with Crippen LogP contribution < -0.4 is 5.73 Å². The molecule has 4 N–H and O–H groups in total. The van der Waals surface area contributed by atoms with Crippen molar-refractivity contribution in [2.24, 2.45) is 5.73 Å². The average molecular weight is 181 g/mol. The zero-order valence-corrected chi connectivity index (χ0v) is 7.46. The van der Waals surface area contributed by atoms with Crippen molar-refractivity contribution in [3.05, 3.63) is 0 Å². The Kier molecular flexibility index (Phi) is 5.78. The van der Waals surface area contributed by atoms with E-state index in [0.717, 1.165) is 19.3 Å². The summed E-state index contributed by atoms with van der Waals surface area (Å²) >= 11 is 0. The first kappa shape index (κ1) is 11.1. The molecule has 68 valence electrons. The maximum Gasteiger partial charge on any atom is 0.325 e. The van der Waals surface area contributed by atoms with Crippen molar-refractivity contribution in [2.45, 2.75) is 25.7 Å². The number of rotatable bonds is 6. The lowest BCUT2D eigenvalue weighted by molar-refractivity contribution is 0.370. The summed E-state index contributed by atoms with van der Waals surface area (Å²) in [6, 6.07) is 0. The predicted octanol–water partition coefficient (Wildman–Crippen LogP) is 0.683. The molecule has 5 heteroatoms. The largest absolute Gasteiger partial charge is 0.330 e. The third-order valence-electron chi connectivity index (χ3n) is 1.40. The molecule has 0 aliphatic heterocycles. The molecule has 0 bridgehead atoms. The van der Waals surface area contributed by atoms with Crippen molar-refractivity contribution in [1.82, 2.24) is 0 Å². The first-order valence-corrected chi connectivity index (χ1v) is 5.60. The molecular weight excluding hydrogens is 165 g/mol. The van der Waals surface area contributed by atoms with Crippen LogP contribution in [0.5, 0.6) is 0 Å². The average Bonchev–Trinajstić information content (AvgIpc) is 1.85. The van der Waals surface area contributed by atoms with Gasteiger partial charge in [-0.3, -0.25) is 4.57 Å². The second-order valence-electron chi connectivity index (χ2n) is 2.59. The van der Waals surface area contributed by atoms with Crippen LogP contribution in [-0.4, -0.2) is 22.5 Å². The summed E-state index contributed by atoms with van der Waals surface area (Å²) in [6.45, 7) is 0.663. The van der Waals surface area contributed by atoms with Crippen molar-refractivity contribution in [3.8, 4) is 0 Å². The summed E-state index contributed by atoms with van der Waals surface area (Å²) in [7, 11) is -3.75. The molecular formula is C6H16NO3P. The SMILES string of the molecule is NCCCCCCP(=O)(O)O. The van der Waals surface area contributed by atoms with Gasteiger partial charge in [0, 0.05) is 6.16 Å². The van der Waals surface area contributed by atoms with E-state index in [4.69, 9.17) is 15.5 Å². The van der Waals surface area contributed by atoms with Crippen LogP contribution >= 0.6 is 7.60 Å². The Bertz CT molecular complexity index is 134. The Morgan fingerprint density at radius 2 is 1.64 bits per heavy atom. The quantitative estimate of drug-likeness (QED) is 0.415. The smallest absolute Gasteiger partial charge is 0.325 e. The van der Waals surface area contributed by atoms with Gasteiger partial charge in [-0.2, -0.15) is 0 Å². The molecule has 0 aromatic rings. The highest BCUT2D eigenvalue weighted by Gasteiger charge is 2.10. The number of hydrogen-bond donors (Lipinski definition) is 3. The predicted molar refractivity (Wildman–Crippen MR) is 44.4 cm³/mol. The first-order chi connectivity index (χ1) is 5.06. The van der Waals surface area contributed by atoms with Gasteiger partial charge in [0.2, 0.25) is 0 Å². The summed E-state index contributed by atoms with van der Waals surface area (Å²) in [5, 5.41) is 0. The zero-order valence-electron chi connectivity index (χ0n) is 6.57. The first-order valence-electron chi connectivity index (χ1n) is 3.81. The molecule has 11 heavy (non-hydrogen) atoms. The van der Waals surface area contributed by atoms with E-state index in [1.54, 1.807) is 0 Å². The van der Waals surface area contributed by atoms with E-state index >= 15 is 0 Å². The van der Waals surface area contributed by atoms with Crippen LogP contribution in [0.25, 0.3) is 0 Å². The van der Waals surface area contributed by atoms with Gasteiger partial charge in [-0.25, -0.2) is 0 Å². The normalized spacial score (nSPS) is 11.9. The van der Waals surface area contributed by atoms with E-state index in [-0.39, 0.29) is 6.16 Å².